The molecule has 0 aliphatic carbocycles. The second-order valence-corrected chi connectivity index (χ2v) is 7.80. The van der Waals surface area contributed by atoms with Crippen molar-refractivity contribution in [1.82, 2.24) is 20.0 Å². The van der Waals surface area contributed by atoms with Crippen molar-refractivity contribution in [2.24, 2.45) is 0 Å². The van der Waals surface area contributed by atoms with E-state index in [1.54, 1.807) is 7.11 Å². The Morgan fingerprint density at radius 3 is 2.73 bits per heavy atom. The Balaban J connectivity index is 0.00000256. The molecule has 164 valence electrons. The van der Waals surface area contributed by atoms with Crippen molar-refractivity contribution in [2.45, 2.75) is 44.4 Å². The lowest BCUT2D eigenvalue weighted by Gasteiger charge is -2.31. The van der Waals surface area contributed by atoms with Crippen LogP contribution in [0.4, 0.5) is 0 Å². The zero-order valence-corrected chi connectivity index (χ0v) is 18.3. The lowest BCUT2D eigenvalue weighted by atomic mass is 10.1. The van der Waals surface area contributed by atoms with E-state index in [1.165, 1.54) is 0 Å². The molecule has 8 heteroatoms. The van der Waals surface area contributed by atoms with Crippen molar-refractivity contribution >= 4 is 18.3 Å². The number of ether oxygens (including phenoxy) is 2. The molecule has 7 nitrogen and oxygen atoms in total. The number of carbonyl (C=O) groups excluding carboxylic acids is 1. The number of piperidine rings is 2. The third kappa shape index (κ3) is 5.33. The van der Waals surface area contributed by atoms with Gasteiger partial charge in [0.25, 0.3) is 5.91 Å². The minimum absolute atomic E-state index is 0. The number of nitrogens with one attached hydrogen (secondary N) is 1. The van der Waals surface area contributed by atoms with Crippen LogP contribution in [0.1, 0.15) is 47.8 Å². The zero-order chi connectivity index (χ0) is 20.1. The van der Waals surface area contributed by atoms with Crippen molar-refractivity contribution in [3.63, 3.8) is 0 Å². The topological polar surface area (TPSA) is 68.6 Å². The number of hydrogen-bond donors (Lipinski definition) is 1. The molecule has 0 radical (unpaired) electrons. The Morgan fingerprint density at radius 1 is 1.20 bits per heavy atom. The zero-order valence-electron chi connectivity index (χ0n) is 17.5. The molecule has 3 heterocycles. The van der Waals surface area contributed by atoms with E-state index >= 15 is 0 Å². The molecule has 1 aromatic carbocycles. The van der Waals surface area contributed by atoms with Crippen LogP contribution in [0.2, 0.25) is 0 Å². The average Bonchev–Trinajstić information content (AvgIpc) is 3.29. The van der Waals surface area contributed by atoms with Crippen molar-refractivity contribution in [3.05, 3.63) is 47.8 Å². The van der Waals surface area contributed by atoms with Gasteiger partial charge in [-0.3, -0.25) is 9.48 Å². The first-order valence-corrected chi connectivity index (χ1v) is 10.5. The van der Waals surface area contributed by atoms with Crippen molar-refractivity contribution in [2.75, 3.05) is 33.3 Å². The molecule has 2 aliphatic rings. The van der Waals surface area contributed by atoms with E-state index in [9.17, 15) is 4.79 Å². The fourth-order valence-corrected chi connectivity index (χ4v) is 4.13. The fourth-order valence-electron chi connectivity index (χ4n) is 4.13. The molecule has 2 aromatic rings. The maximum atomic E-state index is 12.8. The predicted octanol–water partition coefficient (Wildman–Crippen LogP) is 3.06. The van der Waals surface area contributed by atoms with Crippen LogP contribution in [0.5, 0.6) is 5.75 Å². The normalized spacial score (nSPS) is 19.9. The van der Waals surface area contributed by atoms with Gasteiger partial charge < -0.3 is 19.7 Å². The standard InChI is InChI=1S/C22H30N4O3.ClH/c1-28-21-7-3-2-5-17(21)16-29-19-8-12-25(13-9-19)22(27)20-10-14-26(24-20)18-6-4-11-23-15-18;/h2-3,5,7,10,14,18-19,23H,4,6,8-9,11-13,15-16H2,1H3;1H. The van der Waals surface area contributed by atoms with Crippen molar-refractivity contribution < 1.29 is 14.3 Å². The molecule has 30 heavy (non-hydrogen) atoms. The van der Waals surface area contributed by atoms with Gasteiger partial charge >= 0.3 is 0 Å². The first-order valence-electron chi connectivity index (χ1n) is 10.5. The summed E-state index contributed by atoms with van der Waals surface area (Å²) in [5.41, 5.74) is 1.60. The molecule has 2 saturated heterocycles. The van der Waals surface area contributed by atoms with E-state index < -0.39 is 0 Å². The van der Waals surface area contributed by atoms with Crippen LogP contribution < -0.4 is 10.1 Å². The van der Waals surface area contributed by atoms with Gasteiger partial charge in [0.15, 0.2) is 0 Å². The number of halogens is 1. The SMILES string of the molecule is COc1ccccc1COC1CCN(C(=O)c2ccn(C3CCCNC3)n2)CC1.Cl. The van der Waals surface area contributed by atoms with E-state index in [-0.39, 0.29) is 24.4 Å². The largest absolute Gasteiger partial charge is 0.496 e. The number of hydrogen-bond acceptors (Lipinski definition) is 5. The summed E-state index contributed by atoms with van der Waals surface area (Å²) in [5, 5.41) is 7.96. The number of methoxy groups -OCH3 is 1. The first-order chi connectivity index (χ1) is 14.2. The highest BCUT2D eigenvalue weighted by Crippen LogP contribution is 2.22. The van der Waals surface area contributed by atoms with Crippen LogP contribution in [-0.2, 0) is 11.3 Å². The Labute approximate surface area is 184 Å². The second-order valence-electron chi connectivity index (χ2n) is 7.80. The summed E-state index contributed by atoms with van der Waals surface area (Å²) in [5.74, 6) is 0.875. The maximum Gasteiger partial charge on any atom is 0.274 e. The van der Waals surface area contributed by atoms with Gasteiger partial charge in [0.1, 0.15) is 11.4 Å². The van der Waals surface area contributed by atoms with Crippen LogP contribution in [-0.4, -0.2) is 60.0 Å². The molecule has 4 rings (SSSR count). The molecule has 1 N–H and O–H groups in total. The van der Waals surface area contributed by atoms with Crippen molar-refractivity contribution in [3.8, 4) is 5.75 Å². The Hall–Kier alpha value is -2.09. The lowest BCUT2D eigenvalue weighted by molar-refractivity contribution is -0.00111. The van der Waals surface area contributed by atoms with Crippen LogP contribution in [0.3, 0.4) is 0 Å². The van der Waals surface area contributed by atoms with E-state index in [4.69, 9.17) is 9.47 Å². The molecule has 0 spiro atoms. The number of para-hydroxylation sites is 1. The molecule has 2 aliphatic heterocycles. The first kappa shape index (κ1) is 22.6. The number of benzene rings is 1. The summed E-state index contributed by atoms with van der Waals surface area (Å²) >= 11 is 0. The minimum Gasteiger partial charge on any atom is -0.496 e. The summed E-state index contributed by atoms with van der Waals surface area (Å²) in [6.07, 6.45) is 6.04. The Bertz CT molecular complexity index is 814. The van der Waals surface area contributed by atoms with Gasteiger partial charge in [0, 0.05) is 31.4 Å². The summed E-state index contributed by atoms with van der Waals surface area (Å²) in [4.78, 5) is 14.7. The van der Waals surface area contributed by atoms with E-state index in [1.807, 2.05) is 46.1 Å². The van der Waals surface area contributed by atoms with Gasteiger partial charge in [-0.1, -0.05) is 18.2 Å². The third-order valence-electron chi connectivity index (χ3n) is 5.87. The van der Waals surface area contributed by atoms with Crippen LogP contribution in [0, 0.1) is 0 Å². The highest BCUT2D eigenvalue weighted by Gasteiger charge is 2.26. The Kier molecular flexibility index (Phi) is 8.13. The van der Waals surface area contributed by atoms with Gasteiger partial charge in [-0.05, 0) is 44.4 Å². The number of carbonyl (C=O) groups is 1. The summed E-state index contributed by atoms with van der Waals surface area (Å²) in [6.45, 7) is 3.92. The molecule has 1 unspecified atom stereocenters. The highest BCUT2D eigenvalue weighted by molar-refractivity contribution is 5.92. The van der Waals surface area contributed by atoms with Crippen LogP contribution in [0.25, 0.3) is 0 Å². The van der Waals surface area contributed by atoms with E-state index in [2.05, 4.69) is 10.4 Å². The number of likely N-dealkylation sites (tertiary alicyclic amines) is 1. The molecule has 1 amide bonds. The van der Waals surface area contributed by atoms with Gasteiger partial charge in [0.05, 0.1) is 25.9 Å². The number of amides is 1. The number of aromatic nitrogens is 2. The van der Waals surface area contributed by atoms with Gasteiger partial charge in [-0.2, -0.15) is 5.10 Å². The maximum absolute atomic E-state index is 12.8. The van der Waals surface area contributed by atoms with E-state index in [0.717, 1.165) is 50.1 Å². The molecule has 0 bridgehead atoms. The van der Waals surface area contributed by atoms with Crippen LogP contribution >= 0.6 is 12.4 Å². The summed E-state index contributed by atoms with van der Waals surface area (Å²) in [7, 11) is 1.68. The smallest absolute Gasteiger partial charge is 0.274 e. The van der Waals surface area contributed by atoms with Gasteiger partial charge in [-0.15, -0.1) is 12.4 Å². The molecule has 1 aromatic heterocycles. The fraction of sp³-hybridized carbons (Fsp3) is 0.545. The molecule has 1 atom stereocenters. The molecular formula is C22H31ClN4O3. The minimum atomic E-state index is 0. The Morgan fingerprint density at radius 2 is 2.00 bits per heavy atom. The van der Waals surface area contributed by atoms with E-state index in [0.29, 0.717) is 31.4 Å². The predicted molar refractivity (Wildman–Crippen MR) is 117 cm³/mol. The monoisotopic (exact) mass is 434 g/mol. The number of rotatable bonds is 6. The molecule has 2 fully saturated rings. The van der Waals surface area contributed by atoms with Crippen LogP contribution in [0.15, 0.2) is 36.5 Å². The summed E-state index contributed by atoms with van der Waals surface area (Å²) < 4.78 is 13.4. The summed E-state index contributed by atoms with van der Waals surface area (Å²) in [6, 6.07) is 10.1. The van der Waals surface area contributed by atoms with Gasteiger partial charge in [0.2, 0.25) is 0 Å². The van der Waals surface area contributed by atoms with Gasteiger partial charge in [-0.25, -0.2) is 0 Å². The van der Waals surface area contributed by atoms with Crippen molar-refractivity contribution in [1.29, 1.82) is 0 Å². The second kappa shape index (κ2) is 10.8. The third-order valence-corrected chi connectivity index (χ3v) is 5.87. The molecule has 0 saturated carbocycles. The molecular weight excluding hydrogens is 404 g/mol. The average molecular weight is 435 g/mol. The lowest BCUT2D eigenvalue weighted by Crippen LogP contribution is -2.41. The quantitative estimate of drug-likeness (QED) is 0.756. The number of nitrogens with zero attached hydrogens (tertiary/aromatic N) is 3. The highest BCUT2D eigenvalue weighted by atomic mass is 35.5.